The number of nitrogens with zero attached hydrogens (tertiary/aromatic N) is 3. The molecule has 1 aliphatic carbocycles. The van der Waals surface area contributed by atoms with Gasteiger partial charge >= 0.3 is 18.1 Å². The second kappa shape index (κ2) is 7.61. The minimum Gasteiger partial charge on any atom is -0.417 e. The normalized spacial score (nSPS) is 23.3. The number of carbonyl (C=O) groups excluding carboxylic acids is 1. The lowest BCUT2D eigenvalue weighted by atomic mass is 9.98. The second-order valence-electron chi connectivity index (χ2n) is 6.87. The fraction of sp³-hybridized carbons (Fsp3) is 0.812. The van der Waals surface area contributed by atoms with Gasteiger partial charge in [-0.2, -0.15) is 13.2 Å². The van der Waals surface area contributed by atoms with Crippen LogP contribution in [-0.2, 0) is 6.18 Å². The van der Waals surface area contributed by atoms with E-state index < -0.39 is 12.1 Å². The van der Waals surface area contributed by atoms with E-state index in [1.807, 2.05) is 0 Å². The van der Waals surface area contributed by atoms with Crippen LogP contribution in [-0.4, -0.2) is 40.3 Å². The zero-order valence-corrected chi connectivity index (χ0v) is 14.0. The van der Waals surface area contributed by atoms with Crippen molar-refractivity contribution in [2.24, 2.45) is 0 Å². The molecule has 0 bridgehead atoms. The van der Waals surface area contributed by atoms with E-state index in [1.165, 1.54) is 12.8 Å². The maximum atomic E-state index is 12.6. The summed E-state index contributed by atoms with van der Waals surface area (Å²) in [7, 11) is 0. The number of carbonyl (C=O) groups is 1. The summed E-state index contributed by atoms with van der Waals surface area (Å²) in [6.07, 6.45) is 3.32. The number of likely N-dealkylation sites (tertiary alicyclic amines) is 1. The van der Waals surface area contributed by atoms with Crippen LogP contribution >= 0.6 is 0 Å². The van der Waals surface area contributed by atoms with Gasteiger partial charge in [0.05, 0.1) is 5.92 Å². The Bertz CT molecular complexity index is 582. The number of halogens is 3. The van der Waals surface area contributed by atoms with Gasteiger partial charge in [0.25, 0.3) is 0 Å². The van der Waals surface area contributed by atoms with E-state index in [0.29, 0.717) is 25.9 Å². The molecule has 0 aromatic carbocycles. The third kappa shape index (κ3) is 4.64. The molecule has 2 fully saturated rings. The largest absolute Gasteiger partial charge is 0.470 e. The zero-order chi connectivity index (χ0) is 17.9. The SMILES string of the molecule is O=C(NC1CCCCCC1)N1CCCC(c2nnc(C(F)(F)F)o2)C1. The predicted molar refractivity (Wildman–Crippen MR) is 82.9 cm³/mol. The Labute approximate surface area is 144 Å². The third-order valence-corrected chi connectivity index (χ3v) is 4.92. The molecule has 3 rings (SSSR count). The summed E-state index contributed by atoms with van der Waals surface area (Å²) < 4.78 is 42.6. The highest BCUT2D eigenvalue weighted by Gasteiger charge is 2.39. The fourth-order valence-corrected chi connectivity index (χ4v) is 3.57. The van der Waals surface area contributed by atoms with Crippen LogP contribution < -0.4 is 5.32 Å². The third-order valence-electron chi connectivity index (χ3n) is 4.92. The highest BCUT2D eigenvalue weighted by atomic mass is 19.4. The first kappa shape index (κ1) is 18.0. The van der Waals surface area contributed by atoms with Gasteiger partial charge in [-0.25, -0.2) is 4.79 Å². The van der Waals surface area contributed by atoms with Gasteiger partial charge in [-0.05, 0) is 25.7 Å². The predicted octanol–water partition coefficient (Wildman–Crippen LogP) is 3.70. The molecule has 25 heavy (non-hydrogen) atoms. The summed E-state index contributed by atoms with van der Waals surface area (Å²) in [6, 6.07) is 0.0442. The molecular formula is C16H23F3N4O2. The molecule has 1 aliphatic heterocycles. The Hall–Kier alpha value is -1.80. The van der Waals surface area contributed by atoms with Crippen molar-refractivity contribution in [2.75, 3.05) is 13.1 Å². The zero-order valence-electron chi connectivity index (χ0n) is 14.0. The van der Waals surface area contributed by atoms with Crippen LogP contribution in [0.2, 0.25) is 0 Å². The number of piperidine rings is 1. The molecule has 140 valence electrons. The molecule has 1 unspecified atom stereocenters. The second-order valence-corrected chi connectivity index (χ2v) is 6.87. The number of amides is 2. The van der Waals surface area contributed by atoms with E-state index in [1.54, 1.807) is 4.90 Å². The van der Waals surface area contributed by atoms with Crippen molar-refractivity contribution < 1.29 is 22.4 Å². The summed E-state index contributed by atoms with van der Waals surface area (Å²) in [6.45, 7) is 0.896. The number of rotatable bonds is 2. The van der Waals surface area contributed by atoms with E-state index >= 15 is 0 Å². The minimum absolute atomic E-state index is 0.0423. The number of hydrogen-bond donors (Lipinski definition) is 1. The van der Waals surface area contributed by atoms with Gasteiger partial charge in [0.1, 0.15) is 0 Å². The van der Waals surface area contributed by atoms with Crippen molar-refractivity contribution in [3.8, 4) is 0 Å². The van der Waals surface area contributed by atoms with Crippen molar-refractivity contribution in [1.29, 1.82) is 0 Å². The van der Waals surface area contributed by atoms with Gasteiger partial charge in [-0.3, -0.25) is 0 Å². The lowest BCUT2D eigenvalue weighted by Gasteiger charge is -2.32. The Kier molecular flexibility index (Phi) is 5.48. The molecule has 1 atom stereocenters. The maximum Gasteiger partial charge on any atom is 0.470 e. The molecule has 6 nitrogen and oxygen atoms in total. The molecule has 1 aromatic rings. The van der Waals surface area contributed by atoms with Crippen LogP contribution in [0.3, 0.4) is 0 Å². The van der Waals surface area contributed by atoms with E-state index in [2.05, 4.69) is 15.5 Å². The number of hydrogen-bond acceptors (Lipinski definition) is 4. The smallest absolute Gasteiger partial charge is 0.417 e. The van der Waals surface area contributed by atoms with Crippen LogP contribution in [0.15, 0.2) is 4.42 Å². The molecule has 1 saturated heterocycles. The van der Waals surface area contributed by atoms with Gasteiger partial charge < -0.3 is 14.6 Å². The van der Waals surface area contributed by atoms with Gasteiger partial charge in [0, 0.05) is 19.1 Å². The van der Waals surface area contributed by atoms with Crippen LogP contribution in [0.4, 0.5) is 18.0 Å². The Morgan fingerprint density at radius 1 is 1.08 bits per heavy atom. The molecule has 2 amide bonds. The number of alkyl halides is 3. The summed E-state index contributed by atoms with van der Waals surface area (Å²) in [5.41, 5.74) is 0. The average Bonchev–Trinajstić information content (AvgIpc) is 2.95. The van der Waals surface area contributed by atoms with Crippen LogP contribution in [0.1, 0.15) is 69.1 Å². The number of urea groups is 1. The van der Waals surface area contributed by atoms with Crippen molar-refractivity contribution in [3.63, 3.8) is 0 Å². The van der Waals surface area contributed by atoms with Gasteiger partial charge in [-0.15, -0.1) is 10.2 Å². The molecule has 2 heterocycles. The van der Waals surface area contributed by atoms with Gasteiger partial charge in [0.2, 0.25) is 5.89 Å². The van der Waals surface area contributed by atoms with Crippen molar-refractivity contribution in [1.82, 2.24) is 20.4 Å². The standard InChI is InChI=1S/C16H23F3N4O2/c17-16(18,19)14-22-21-13(25-14)11-6-5-9-23(10-11)15(24)20-12-7-3-1-2-4-8-12/h11-12H,1-10H2,(H,20,24). The first-order valence-corrected chi connectivity index (χ1v) is 8.89. The van der Waals surface area contributed by atoms with E-state index in [4.69, 9.17) is 4.42 Å². The molecule has 1 saturated carbocycles. The lowest BCUT2D eigenvalue weighted by molar-refractivity contribution is -0.157. The summed E-state index contributed by atoms with van der Waals surface area (Å²) in [4.78, 5) is 14.1. The number of aromatic nitrogens is 2. The van der Waals surface area contributed by atoms with Crippen molar-refractivity contribution in [3.05, 3.63) is 11.8 Å². The first-order valence-electron chi connectivity index (χ1n) is 8.89. The molecule has 1 aromatic heterocycles. The van der Waals surface area contributed by atoms with Gasteiger partial charge in [0.15, 0.2) is 0 Å². The Morgan fingerprint density at radius 2 is 1.80 bits per heavy atom. The number of nitrogens with one attached hydrogen (secondary N) is 1. The Balaban J connectivity index is 1.58. The molecule has 9 heteroatoms. The van der Waals surface area contributed by atoms with Crippen LogP contribution in [0.25, 0.3) is 0 Å². The summed E-state index contributed by atoms with van der Waals surface area (Å²) in [5.74, 6) is -1.72. The minimum atomic E-state index is -4.64. The van der Waals surface area contributed by atoms with Crippen LogP contribution in [0, 0.1) is 0 Å². The molecule has 0 radical (unpaired) electrons. The van der Waals surface area contributed by atoms with Crippen LogP contribution in [0.5, 0.6) is 0 Å². The molecular weight excluding hydrogens is 337 g/mol. The monoisotopic (exact) mass is 360 g/mol. The Morgan fingerprint density at radius 3 is 2.44 bits per heavy atom. The maximum absolute atomic E-state index is 12.6. The van der Waals surface area contributed by atoms with Gasteiger partial charge in [-0.1, -0.05) is 25.7 Å². The summed E-state index contributed by atoms with van der Waals surface area (Å²) in [5, 5.41) is 9.68. The van der Waals surface area contributed by atoms with E-state index in [0.717, 1.165) is 25.7 Å². The molecule has 2 aliphatic rings. The van der Waals surface area contributed by atoms with E-state index in [9.17, 15) is 18.0 Å². The topological polar surface area (TPSA) is 71.3 Å². The average molecular weight is 360 g/mol. The van der Waals surface area contributed by atoms with Crippen molar-refractivity contribution >= 4 is 6.03 Å². The van der Waals surface area contributed by atoms with Crippen molar-refractivity contribution in [2.45, 2.75) is 69.5 Å². The van der Waals surface area contributed by atoms with E-state index in [-0.39, 0.29) is 23.9 Å². The highest BCUT2D eigenvalue weighted by molar-refractivity contribution is 5.74. The lowest BCUT2D eigenvalue weighted by Crippen LogP contribution is -2.48. The summed E-state index contributed by atoms with van der Waals surface area (Å²) >= 11 is 0. The highest BCUT2D eigenvalue weighted by Crippen LogP contribution is 2.32. The fourth-order valence-electron chi connectivity index (χ4n) is 3.57. The quantitative estimate of drug-likeness (QED) is 0.817. The molecule has 1 N–H and O–H groups in total. The first-order chi connectivity index (χ1) is 11.9. The molecule has 0 spiro atoms.